The van der Waals surface area contributed by atoms with E-state index in [4.69, 9.17) is 9.84 Å². The molecule has 1 amide bonds. The summed E-state index contributed by atoms with van der Waals surface area (Å²) in [4.78, 5) is 25.4. The maximum atomic E-state index is 12.6. The molecular weight excluding hydrogens is 294 g/mol. The summed E-state index contributed by atoms with van der Waals surface area (Å²) in [6.07, 6.45) is 0.441. The van der Waals surface area contributed by atoms with E-state index >= 15 is 0 Å². The second kappa shape index (κ2) is 6.71. The number of carboxylic acid groups (broad SMARTS) is 1. The van der Waals surface area contributed by atoms with E-state index < -0.39 is 18.2 Å². The first-order valence-electron chi connectivity index (χ1n) is 8.28. The molecule has 2 fully saturated rings. The molecule has 2 aliphatic heterocycles. The molecule has 4 atom stereocenters. The standard InChI is InChI=1S/C18H23NO4/c1-12-11-19(10-9-14(12)13-5-3-2-4-6-13)17(20)15-7-8-16(23-15)18(21)22/h2-6,12,14-16H,7-11H2,1H3,(H,21,22)/t12?,14?,15-,16+/m0/s1. The Balaban J connectivity index is 1.59. The number of rotatable bonds is 3. The lowest BCUT2D eigenvalue weighted by molar-refractivity contribution is -0.155. The van der Waals surface area contributed by atoms with Gasteiger partial charge in [0.05, 0.1) is 0 Å². The van der Waals surface area contributed by atoms with E-state index in [1.54, 1.807) is 0 Å². The van der Waals surface area contributed by atoms with Crippen molar-refractivity contribution < 1.29 is 19.4 Å². The van der Waals surface area contributed by atoms with Crippen LogP contribution in [-0.2, 0) is 14.3 Å². The molecule has 2 saturated heterocycles. The highest BCUT2D eigenvalue weighted by Gasteiger charge is 2.39. The van der Waals surface area contributed by atoms with Gasteiger partial charge in [-0.1, -0.05) is 37.3 Å². The highest BCUT2D eigenvalue weighted by Crippen LogP contribution is 2.33. The Morgan fingerprint density at radius 2 is 1.83 bits per heavy atom. The van der Waals surface area contributed by atoms with Crippen molar-refractivity contribution in [3.8, 4) is 0 Å². The van der Waals surface area contributed by atoms with Crippen LogP contribution in [0.2, 0.25) is 0 Å². The van der Waals surface area contributed by atoms with Gasteiger partial charge in [0.15, 0.2) is 6.10 Å². The van der Waals surface area contributed by atoms with Gasteiger partial charge in [-0.15, -0.1) is 0 Å². The minimum atomic E-state index is -0.976. The van der Waals surface area contributed by atoms with Crippen LogP contribution in [0.5, 0.6) is 0 Å². The molecule has 5 nitrogen and oxygen atoms in total. The van der Waals surface area contributed by atoms with Gasteiger partial charge < -0.3 is 14.7 Å². The molecule has 1 aromatic rings. The quantitative estimate of drug-likeness (QED) is 0.928. The SMILES string of the molecule is CC1CN(C(=O)[C@@H]2CC[C@H](C(=O)O)O2)CCC1c1ccccc1. The number of hydrogen-bond acceptors (Lipinski definition) is 3. The fourth-order valence-corrected chi connectivity index (χ4v) is 3.75. The highest BCUT2D eigenvalue weighted by atomic mass is 16.5. The van der Waals surface area contributed by atoms with Crippen LogP contribution in [0.25, 0.3) is 0 Å². The average Bonchev–Trinajstić information content (AvgIpc) is 3.05. The Morgan fingerprint density at radius 1 is 1.13 bits per heavy atom. The minimum Gasteiger partial charge on any atom is -0.479 e. The Bertz CT molecular complexity index is 574. The fraction of sp³-hybridized carbons (Fsp3) is 0.556. The van der Waals surface area contributed by atoms with Gasteiger partial charge in [0, 0.05) is 13.1 Å². The number of likely N-dealkylation sites (tertiary alicyclic amines) is 1. The molecule has 0 radical (unpaired) electrons. The van der Waals surface area contributed by atoms with Crippen LogP contribution in [-0.4, -0.2) is 47.2 Å². The van der Waals surface area contributed by atoms with Gasteiger partial charge >= 0.3 is 5.97 Å². The van der Waals surface area contributed by atoms with Crippen molar-refractivity contribution in [2.24, 2.45) is 5.92 Å². The second-order valence-electron chi connectivity index (χ2n) is 6.60. The molecule has 0 aliphatic carbocycles. The number of carbonyl (C=O) groups excluding carboxylic acids is 1. The van der Waals surface area contributed by atoms with Crippen LogP contribution in [0.3, 0.4) is 0 Å². The lowest BCUT2D eigenvalue weighted by Gasteiger charge is -2.38. The Labute approximate surface area is 136 Å². The number of hydrogen-bond donors (Lipinski definition) is 1. The molecule has 0 spiro atoms. The first-order chi connectivity index (χ1) is 11.1. The van der Waals surface area contributed by atoms with Gasteiger partial charge in [-0.2, -0.15) is 0 Å². The minimum absolute atomic E-state index is 0.0490. The smallest absolute Gasteiger partial charge is 0.332 e. The number of carboxylic acids is 1. The third-order valence-electron chi connectivity index (χ3n) is 5.02. The van der Waals surface area contributed by atoms with E-state index in [0.29, 0.717) is 37.8 Å². The Kier molecular flexibility index (Phi) is 4.66. The fourth-order valence-electron chi connectivity index (χ4n) is 3.75. The molecule has 2 heterocycles. The zero-order chi connectivity index (χ0) is 16.4. The van der Waals surface area contributed by atoms with Gasteiger partial charge in [-0.05, 0) is 36.7 Å². The van der Waals surface area contributed by atoms with Gasteiger partial charge in [-0.25, -0.2) is 4.79 Å². The predicted molar refractivity (Wildman–Crippen MR) is 85.1 cm³/mol. The van der Waals surface area contributed by atoms with Crippen LogP contribution < -0.4 is 0 Å². The topological polar surface area (TPSA) is 66.8 Å². The molecule has 124 valence electrons. The monoisotopic (exact) mass is 317 g/mol. The lowest BCUT2D eigenvalue weighted by Crippen LogP contribution is -2.46. The number of amides is 1. The Hall–Kier alpha value is -1.88. The molecule has 2 unspecified atom stereocenters. The molecule has 3 rings (SSSR count). The maximum Gasteiger partial charge on any atom is 0.332 e. The first kappa shape index (κ1) is 16.0. The van der Waals surface area contributed by atoms with Crippen molar-refractivity contribution in [3.05, 3.63) is 35.9 Å². The third-order valence-corrected chi connectivity index (χ3v) is 5.02. The molecule has 1 N–H and O–H groups in total. The summed E-state index contributed by atoms with van der Waals surface area (Å²) >= 11 is 0. The van der Waals surface area contributed by atoms with Crippen molar-refractivity contribution in [2.45, 2.75) is 44.3 Å². The second-order valence-corrected chi connectivity index (χ2v) is 6.60. The maximum absolute atomic E-state index is 12.6. The zero-order valence-electron chi connectivity index (χ0n) is 13.4. The molecule has 2 aliphatic rings. The van der Waals surface area contributed by atoms with Crippen molar-refractivity contribution in [1.29, 1.82) is 0 Å². The summed E-state index contributed by atoms with van der Waals surface area (Å²) in [6.45, 7) is 3.59. The van der Waals surface area contributed by atoms with Gasteiger partial charge in [0.2, 0.25) is 0 Å². The molecule has 1 aromatic carbocycles. The van der Waals surface area contributed by atoms with E-state index in [0.717, 1.165) is 6.42 Å². The summed E-state index contributed by atoms with van der Waals surface area (Å²) in [5.74, 6) is -0.174. The highest BCUT2D eigenvalue weighted by molar-refractivity contribution is 5.82. The summed E-state index contributed by atoms with van der Waals surface area (Å²) in [5, 5.41) is 8.98. The number of ether oxygens (including phenoxy) is 1. The van der Waals surface area contributed by atoms with Gasteiger partial charge in [0.25, 0.3) is 5.91 Å². The van der Waals surface area contributed by atoms with Gasteiger partial charge in [-0.3, -0.25) is 4.79 Å². The van der Waals surface area contributed by atoms with Crippen molar-refractivity contribution in [1.82, 2.24) is 4.90 Å². The lowest BCUT2D eigenvalue weighted by atomic mass is 9.81. The summed E-state index contributed by atoms with van der Waals surface area (Å²) < 4.78 is 5.39. The first-order valence-corrected chi connectivity index (χ1v) is 8.28. The van der Waals surface area contributed by atoms with E-state index in [2.05, 4.69) is 31.2 Å². The van der Waals surface area contributed by atoms with Crippen molar-refractivity contribution in [2.75, 3.05) is 13.1 Å². The van der Waals surface area contributed by atoms with Crippen LogP contribution >= 0.6 is 0 Å². The van der Waals surface area contributed by atoms with E-state index in [-0.39, 0.29) is 5.91 Å². The summed E-state index contributed by atoms with van der Waals surface area (Å²) in [7, 11) is 0. The van der Waals surface area contributed by atoms with Crippen LogP contribution in [0.1, 0.15) is 37.7 Å². The van der Waals surface area contributed by atoms with E-state index in [1.165, 1.54) is 5.56 Å². The molecule has 0 aromatic heterocycles. The normalized spacial score (nSPS) is 31.1. The number of nitrogens with zero attached hydrogens (tertiary/aromatic N) is 1. The van der Waals surface area contributed by atoms with E-state index in [9.17, 15) is 9.59 Å². The van der Waals surface area contributed by atoms with Crippen molar-refractivity contribution in [3.63, 3.8) is 0 Å². The predicted octanol–water partition coefficient (Wildman–Crippen LogP) is 2.27. The number of aliphatic carboxylic acids is 1. The summed E-state index contributed by atoms with van der Waals surface area (Å²) in [5.41, 5.74) is 1.33. The van der Waals surface area contributed by atoms with Crippen molar-refractivity contribution >= 4 is 11.9 Å². The average molecular weight is 317 g/mol. The van der Waals surface area contributed by atoms with E-state index in [1.807, 2.05) is 11.0 Å². The Morgan fingerprint density at radius 3 is 2.43 bits per heavy atom. The molecule has 5 heteroatoms. The van der Waals surface area contributed by atoms with Crippen LogP contribution in [0.4, 0.5) is 0 Å². The molecule has 0 saturated carbocycles. The van der Waals surface area contributed by atoms with Crippen LogP contribution in [0.15, 0.2) is 30.3 Å². The van der Waals surface area contributed by atoms with Crippen LogP contribution in [0, 0.1) is 5.92 Å². The molecule has 0 bridgehead atoms. The largest absolute Gasteiger partial charge is 0.479 e. The summed E-state index contributed by atoms with van der Waals surface area (Å²) in [6, 6.07) is 10.4. The number of piperidine rings is 1. The third kappa shape index (κ3) is 3.39. The van der Waals surface area contributed by atoms with Gasteiger partial charge in [0.1, 0.15) is 6.10 Å². The molecule has 23 heavy (non-hydrogen) atoms. The number of benzene rings is 1. The zero-order valence-corrected chi connectivity index (χ0v) is 13.4. The number of carbonyl (C=O) groups is 2. The molecular formula is C18H23NO4.